The van der Waals surface area contributed by atoms with E-state index in [-0.39, 0.29) is 32.3 Å². The van der Waals surface area contributed by atoms with Crippen molar-refractivity contribution in [1.82, 2.24) is 19.3 Å². The molecule has 0 fully saturated rings. The first kappa shape index (κ1) is 18.6. The number of benzene rings is 1. The van der Waals surface area contributed by atoms with Crippen molar-refractivity contribution >= 4 is 27.0 Å². The Kier molecular flexibility index (Phi) is 4.65. The van der Waals surface area contributed by atoms with Crippen LogP contribution in [-0.2, 0) is 19.8 Å². The average molecular weight is 431 g/mol. The topological polar surface area (TPSA) is 72.9 Å². The molecule has 1 N–H and O–H groups in total. The van der Waals surface area contributed by atoms with Gasteiger partial charge >= 0.3 is 6.18 Å². The van der Waals surface area contributed by atoms with Gasteiger partial charge in [-0.1, -0.05) is 22.0 Å². The van der Waals surface area contributed by atoms with E-state index in [1.54, 1.807) is 6.92 Å². The molecule has 1 aromatic carbocycles. The number of hydrogen-bond acceptors (Lipinski definition) is 4. The molecule has 0 aliphatic rings. The van der Waals surface area contributed by atoms with Gasteiger partial charge in [0, 0.05) is 18.1 Å². The summed E-state index contributed by atoms with van der Waals surface area (Å²) in [5.41, 5.74) is -0.432. The van der Waals surface area contributed by atoms with Gasteiger partial charge in [-0.05, 0) is 24.6 Å². The Morgan fingerprint density at radius 2 is 2.00 bits per heavy atom. The molecule has 0 bridgehead atoms. The summed E-state index contributed by atoms with van der Waals surface area (Å²) < 4.78 is 41.2. The molecular weight excluding hydrogens is 417 g/mol. The van der Waals surface area contributed by atoms with Gasteiger partial charge in [0.2, 0.25) is 0 Å². The van der Waals surface area contributed by atoms with Crippen LogP contribution in [0.3, 0.4) is 0 Å². The van der Waals surface area contributed by atoms with Crippen LogP contribution in [-0.4, -0.2) is 24.4 Å². The average Bonchev–Trinajstić information content (AvgIpc) is 2.90. The lowest BCUT2D eigenvalue weighted by Crippen LogP contribution is -2.19. The van der Waals surface area contributed by atoms with Gasteiger partial charge in [-0.25, -0.2) is 4.98 Å². The second kappa shape index (κ2) is 6.51. The molecule has 10 heteroatoms. The lowest BCUT2D eigenvalue weighted by Gasteiger charge is -2.15. The summed E-state index contributed by atoms with van der Waals surface area (Å²) in [6.07, 6.45) is -4.45. The molecule has 2 aromatic heterocycles. The predicted molar refractivity (Wildman–Crippen MR) is 91.6 cm³/mol. The Labute approximate surface area is 154 Å². The molecule has 1 unspecified atom stereocenters. The van der Waals surface area contributed by atoms with Gasteiger partial charge in [0.25, 0.3) is 5.56 Å². The van der Waals surface area contributed by atoms with Crippen molar-refractivity contribution in [3.8, 4) is 0 Å². The van der Waals surface area contributed by atoms with Crippen molar-refractivity contribution in [2.24, 2.45) is 7.05 Å². The third kappa shape index (κ3) is 3.03. The molecule has 26 heavy (non-hydrogen) atoms. The molecule has 0 radical (unpaired) electrons. The van der Waals surface area contributed by atoms with Gasteiger partial charge in [0.15, 0.2) is 5.52 Å². The SMILES string of the molecule is CCn1cnc2c(C(O)c3ccc(C(F)(F)F)c(Br)c3)n(C)nc2c1=O. The molecule has 0 spiro atoms. The minimum atomic E-state index is -4.51. The van der Waals surface area contributed by atoms with Crippen molar-refractivity contribution in [3.63, 3.8) is 0 Å². The summed E-state index contributed by atoms with van der Waals surface area (Å²) in [4.78, 5) is 16.5. The number of halogens is 4. The van der Waals surface area contributed by atoms with Crippen LogP contribution >= 0.6 is 15.9 Å². The van der Waals surface area contributed by atoms with Gasteiger partial charge in [0.05, 0.1) is 17.6 Å². The standard InChI is InChI=1S/C16H14BrF3N4O2/c1-3-24-7-21-11-12(15(24)26)22-23(2)13(11)14(25)8-4-5-9(10(17)6-8)16(18,19)20/h4-7,14,25H,3H2,1-2H3. The highest BCUT2D eigenvalue weighted by molar-refractivity contribution is 9.10. The highest BCUT2D eigenvalue weighted by Gasteiger charge is 2.33. The van der Waals surface area contributed by atoms with Crippen LogP contribution in [0.5, 0.6) is 0 Å². The predicted octanol–water partition coefficient (Wildman–Crippen LogP) is 3.01. The smallest absolute Gasteiger partial charge is 0.382 e. The van der Waals surface area contributed by atoms with E-state index in [9.17, 15) is 23.1 Å². The summed E-state index contributed by atoms with van der Waals surface area (Å²) in [7, 11) is 1.54. The third-order valence-corrected chi connectivity index (χ3v) is 4.73. The van der Waals surface area contributed by atoms with Gasteiger partial charge in [0.1, 0.15) is 11.6 Å². The van der Waals surface area contributed by atoms with Crippen LogP contribution in [0.1, 0.15) is 29.8 Å². The molecule has 0 aliphatic carbocycles. The monoisotopic (exact) mass is 430 g/mol. The van der Waals surface area contributed by atoms with Gasteiger partial charge < -0.3 is 5.11 Å². The van der Waals surface area contributed by atoms with E-state index in [1.807, 2.05) is 0 Å². The van der Waals surface area contributed by atoms with E-state index >= 15 is 0 Å². The van der Waals surface area contributed by atoms with Gasteiger partial charge in [-0.15, -0.1) is 0 Å². The highest BCUT2D eigenvalue weighted by Crippen LogP contribution is 2.37. The fourth-order valence-electron chi connectivity index (χ4n) is 2.73. The number of fused-ring (bicyclic) bond motifs is 1. The number of aliphatic hydroxyl groups excluding tert-OH is 1. The van der Waals surface area contributed by atoms with Crippen molar-refractivity contribution in [2.75, 3.05) is 0 Å². The number of aliphatic hydroxyl groups is 1. The zero-order chi connectivity index (χ0) is 19.2. The van der Waals surface area contributed by atoms with Crippen LogP contribution in [0.2, 0.25) is 0 Å². The highest BCUT2D eigenvalue weighted by atomic mass is 79.9. The lowest BCUT2D eigenvalue weighted by atomic mass is 10.0. The van der Waals surface area contributed by atoms with Crippen molar-refractivity contribution in [2.45, 2.75) is 25.7 Å². The van der Waals surface area contributed by atoms with Crippen LogP contribution in [0.4, 0.5) is 13.2 Å². The molecule has 6 nitrogen and oxygen atoms in total. The Bertz CT molecular complexity index is 1040. The zero-order valence-corrected chi connectivity index (χ0v) is 15.3. The number of alkyl halides is 3. The van der Waals surface area contributed by atoms with Gasteiger partial charge in [-0.2, -0.15) is 18.3 Å². The second-order valence-corrected chi connectivity index (χ2v) is 6.54. The van der Waals surface area contributed by atoms with Crippen molar-refractivity contribution in [1.29, 1.82) is 0 Å². The van der Waals surface area contributed by atoms with Crippen molar-refractivity contribution in [3.05, 3.63) is 56.2 Å². The third-order valence-electron chi connectivity index (χ3n) is 4.07. The first-order chi connectivity index (χ1) is 12.1. The number of rotatable bonds is 3. The van der Waals surface area contributed by atoms with E-state index in [4.69, 9.17) is 0 Å². The van der Waals surface area contributed by atoms with E-state index in [0.29, 0.717) is 6.54 Å². The van der Waals surface area contributed by atoms with Gasteiger partial charge in [-0.3, -0.25) is 14.0 Å². The number of aromatic nitrogens is 4. The quantitative estimate of drug-likeness (QED) is 0.692. The molecule has 0 amide bonds. The maximum Gasteiger partial charge on any atom is 0.417 e. The maximum absolute atomic E-state index is 12.9. The summed E-state index contributed by atoms with van der Waals surface area (Å²) in [6.45, 7) is 2.20. The zero-order valence-electron chi connectivity index (χ0n) is 13.8. The van der Waals surface area contributed by atoms with Crippen LogP contribution in [0, 0.1) is 0 Å². The summed E-state index contributed by atoms with van der Waals surface area (Å²) in [6, 6.07) is 3.27. The summed E-state index contributed by atoms with van der Waals surface area (Å²) in [5.74, 6) is 0. The fraction of sp³-hybridized carbons (Fsp3) is 0.312. The molecule has 0 saturated heterocycles. The summed E-state index contributed by atoms with van der Waals surface area (Å²) in [5, 5.41) is 14.8. The molecule has 1 atom stereocenters. The molecule has 3 rings (SSSR count). The van der Waals surface area contributed by atoms with E-state index in [2.05, 4.69) is 26.0 Å². The summed E-state index contributed by atoms with van der Waals surface area (Å²) >= 11 is 2.89. The molecule has 0 aliphatic heterocycles. The van der Waals surface area contributed by atoms with Crippen LogP contribution in [0.15, 0.2) is 33.8 Å². The Morgan fingerprint density at radius 1 is 1.31 bits per heavy atom. The van der Waals surface area contributed by atoms with E-state index in [0.717, 1.165) is 6.07 Å². The maximum atomic E-state index is 12.9. The lowest BCUT2D eigenvalue weighted by molar-refractivity contribution is -0.138. The molecule has 2 heterocycles. The van der Waals surface area contributed by atoms with Crippen LogP contribution < -0.4 is 5.56 Å². The molecule has 3 aromatic rings. The largest absolute Gasteiger partial charge is 0.417 e. The van der Waals surface area contributed by atoms with Crippen LogP contribution in [0.25, 0.3) is 11.0 Å². The van der Waals surface area contributed by atoms with E-state index in [1.165, 1.54) is 34.8 Å². The Morgan fingerprint density at radius 3 is 2.58 bits per heavy atom. The number of aryl methyl sites for hydroxylation is 2. The molecule has 138 valence electrons. The second-order valence-electron chi connectivity index (χ2n) is 5.68. The first-order valence-electron chi connectivity index (χ1n) is 7.62. The minimum absolute atomic E-state index is 0.0943. The Balaban J connectivity index is 2.13. The number of hydrogen-bond donors (Lipinski definition) is 1. The molecule has 0 saturated carbocycles. The van der Waals surface area contributed by atoms with Crippen molar-refractivity contribution < 1.29 is 18.3 Å². The fourth-order valence-corrected chi connectivity index (χ4v) is 3.36. The minimum Gasteiger partial charge on any atom is -0.382 e. The normalized spacial score (nSPS) is 13.3. The first-order valence-corrected chi connectivity index (χ1v) is 8.41. The number of nitrogens with zero attached hydrogens (tertiary/aromatic N) is 4. The Hall–Kier alpha value is -2.20. The van der Waals surface area contributed by atoms with E-state index < -0.39 is 17.8 Å². The molecular formula is C16H14BrF3N4O2.